The Bertz CT molecular complexity index is 42.9. The Labute approximate surface area is 60.0 Å². The Morgan fingerprint density at radius 3 is 1.60 bits per heavy atom. The summed E-state index contributed by atoms with van der Waals surface area (Å²) in [5, 5.41) is 0. The van der Waals surface area contributed by atoms with Crippen molar-refractivity contribution in [1.29, 1.82) is 0 Å². The molecular formula is C6H12O4. The van der Waals surface area contributed by atoms with Crippen molar-refractivity contribution in [1.82, 2.24) is 0 Å². The molecule has 0 spiro atoms. The molecule has 0 unspecified atom stereocenters. The van der Waals surface area contributed by atoms with Gasteiger partial charge in [-0.3, -0.25) is 0 Å². The van der Waals surface area contributed by atoms with Gasteiger partial charge in [0.1, 0.15) is 13.6 Å². The molecule has 0 aromatic heterocycles. The van der Waals surface area contributed by atoms with E-state index < -0.39 is 0 Å². The number of ether oxygens (including phenoxy) is 4. The van der Waals surface area contributed by atoms with Crippen molar-refractivity contribution in [2.75, 3.05) is 40.0 Å². The largest absolute Gasteiger partial charge is 0.377 e. The van der Waals surface area contributed by atoms with Gasteiger partial charge in [0.2, 0.25) is 0 Å². The zero-order chi connectivity index (χ0) is 7.07. The third-order valence-electron chi connectivity index (χ3n) is 1.08. The Morgan fingerprint density at radius 2 is 1.00 bits per heavy atom. The monoisotopic (exact) mass is 148 g/mol. The van der Waals surface area contributed by atoms with Gasteiger partial charge in [-0.25, -0.2) is 0 Å². The zero-order valence-electron chi connectivity index (χ0n) is 5.88. The van der Waals surface area contributed by atoms with Gasteiger partial charge < -0.3 is 18.9 Å². The minimum atomic E-state index is 0.295. The highest BCUT2D eigenvalue weighted by Gasteiger charge is 1.94. The fourth-order valence-corrected chi connectivity index (χ4v) is 0.607. The van der Waals surface area contributed by atoms with E-state index in [4.69, 9.17) is 18.9 Å². The quantitative estimate of drug-likeness (QED) is 0.484. The molecule has 0 atom stereocenters. The van der Waals surface area contributed by atoms with Crippen LogP contribution in [0.1, 0.15) is 0 Å². The summed E-state index contributed by atoms with van der Waals surface area (Å²) >= 11 is 0. The van der Waals surface area contributed by atoms with Crippen molar-refractivity contribution in [2.24, 2.45) is 0 Å². The van der Waals surface area contributed by atoms with Crippen molar-refractivity contribution < 1.29 is 18.9 Å². The summed E-state index contributed by atoms with van der Waals surface area (Å²) in [5.74, 6) is 0. The summed E-state index contributed by atoms with van der Waals surface area (Å²) in [4.78, 5) is 0. The average Bonchev–Trinajstić information content (AvgIpc) is 2.01. The summed E-state index contributed by atoms with van der Waals surface area (Å²) in [6.07, 6.45) is 0. The van der Waals surface area contributed by atoms with Crippen LogP contribution in [0, 0.1) is 0 Å². The van der Waals surface area contributed by atoms with E-state index in [1.54, 1.807) is 0 Å². The summed E-state index contributed by atoms with van der Waals surface area (Å²) in [6, 6.07) is 0. The predicted molar refractivity (Wildman–Crippen MR) is 33.5 cm³/mol. The lowest BCUT2D eigenvalue weighted by Gasteiger charge is -2.10. The Kier molecular flexibility index (Phi) is 4.46. The molecule has 1 saturated heterocycles. The Morgan fingerprint density at radius 1 is 0.500 bits per heavy atom. The molecule has 0 radical (unpaired) electrons. The zero-order valence-corrected chi connectivity index (χ0v) is 5.88. The molecule has 0 amide bonds. The van der Waals surface area contributed by atoms with Crippen LogP contribution in [0.4, 0.5) is 0 Å². The van der Waals surface area contributed by atoms with Crippen molar-refractivity contribution in [3.8, 4) is 0 Å². The molecule has 0 aromatic carbocycles. The molecule has 1 rings (SSSR count). The fraction of sp³-hybridized carbons (Fsp3) is 1.00. The van der Waals surface area contributed by atoms with Crippen molar-refractivity contribution in [3.05, 3.63) is 0 Å². The second-order valence-corrected chi connectivity index (χ2v) is 1.87. The maximum atomic E-state index is 5.10. The highest BCUT2D eigenvalue weighted by atomic mass is 16.7. The highest BCUT2D eigenvalue weighted by Crippen LogP contribution is 1.86. The minimum Gasteiger partial charge on any atom is -0.377 e. The second kappa shape index (κ2) is 5.61. The lowest BCUT2D eigenvalue weighted by Crippen LogP contribution is -2.15. The third-order valence-corrected chi connectivity index (χ3v) is 1.08. The number of hydrogen-bond donors (Lipinski definition) is 0. The molecule has 0 saturated carbocycles. The number of rotatable bonds is 0. The van der Waals surface area contributed by atoms with Crippen LogP contribution in [0.2, 0.25) is 0 Å². The number of hydrogen-bond acceptors (Lipinski definition) is 4. The topological polar surface area (TPSA) is 36.9 Å². The summed E-state index contributed by atoms with van der Waals surface area (Å²) < 4.78 is 20.0. The molecule has 1 heterocycles. The van der Waals surface area contributed by atoms with Gasteiger partial charge in [-0.15, -0.1) is 0 Å². The average molecular weight is 148 g/mol. The molecule has 1 aliphatic rings. The maximum absolute atomic E-state index is 5.10. The molecule has 10 heavy (non-hydrogen) atoms. The molecule has 60 valence electrons. The molecule has 0 N–H and O–H groups in total. The highest BCUT2D eigenvalue weighted by molar-refractivity contribution is 4.31. The van der Waals surface area contributed by atoms with E-state index in [-0.39, 0.29) is 0 Å². The molecule has 1 aliphatic heterocycles. The van der Waals surface area contributed by atoms with Crippen LogP contribution in [0.25, 0.3) is 0 Å². The van der Waals surface area contributed by atoms with Crippen LogP contribution in [-0.4, -0.2) is 40.0 Å². The SMILES string of the molecule is C1COCOCOCCO1. The van der Waals surface area contributed by atoms with Gasteiger partial charge in [0, 0.05) is 0 Å². The molecule has 0 aliphatic carbocycles. The van der Waals surface area contributed by atoms with E-state index >= 15 is 0 Å². The second-order valence-electron chi connectivity index (χ2n) is 1.87. The van der Waals surface area contributed by atoms with E-state index in [1.807, 2.05) is 0 Å². The maximum Gasteiger partial charge on any atom is 0.149 e. The Balaban J connectivity index is 2.00. The fourth-order valence-electron chi connectivity index (χ4n) is 0.607. The smallest absolute Gasteiger partial charge is 0.149 e. The lowest BCUT2D eigenvalue weighted by atomic mass is 10.7. The van der Waals surface area contributed by atoms with Crippen LogP contribution in [0.3, 0.4) is 0 Å². The first-order valence-electron chi connectivity index (χ1n) is 3.31. The normalized spacial score (nSPS) is 24.0. The van der Waals surface area contributed by atoms with Crippen LogP contribution < -0.4 is 0 Å². The van der Waals surface area contributed by atoms with E-state index in [2.05, 4.69) is 0 Å². The van der Waals surface area contributed by atoms with Gasteiger partial charge in [0.25, 0.3) is 0 Å². The van der Waals surface area contributed by atoms with Crippen molar-refractivity contribution >= 4 is 0 Å². The lowest BCUT2D eigenvalue weighted by molar-refractivity contribution is -0.154. The molecule has 4 heteroatoms. The van der Waals surface area contributed by atoms with Gasteiger partial charge in [-0.05, 0) is 0 Å². The predicted octanol–water partition coefficient (Wildman–Crippen LogP) is -0.0186. The minimum absolute atomic E-state index is 0.295. The molecule has 0 bridgehead atoms. The van der Waals surface area contributed by atoms with E-state index in [1.165, 1.54) is 0 Å². The van der Waals surface area contributed by atoms with E-state index in [0.717, 1.165) is 0 Å². The first kappa shape index (κ1) is 7.94. The first-order chi connectivity index (χ1) is 5.00. The molecule has 0 aromatic rings. The molecule has 4 nitrogen and oxygen atoms in total. The van der Waals surface area contributed by atoms with E-state index in [0.29, 0.717) is 40.0 Å². The summed E-state index contributed by atoms with van der Waals surface area (Å²) in [5.41, 5.74) is 0. The summed E-state index contributed by atoms with van der Waals surface area (Å²) in [7, 11) is 0. The first-order valence-corrected chi connectivity index (χ1v) is 3.31. The van der Waals surface area contributed by atoms with E-state index in [9.17, 15) is 0 Å². The van der Waals surface area contributed by atoms with Gasteiger partial charge >= 0.3 is 0 Å². The Hall–Kier alpha value is -0.160. The van der Waals surface area contributed by atoms with Crippen LogP contribution in [-0.2, 0) is 18.9 Å². The summed E-state index contributed by atoms with van der Waals surface area (Å²) in [6.45, 7) is 3.02. The van der Waals surface area contributed by atoms with Crippen LogP contribution in [0.15, 0.2) is 0 Å². The van der Waals surface area contributed by atoms with Gasteiger partial charge in [-0.2, -0.15) is 0 Å². The van der Waals surface area contributed by atoms with Crippen molar-refractivity contribution in [2.45, 2.75) is 0 Å². The molecular weight excluding hydrogens is 136 g/mol. The third kappa shape index (κ3) is 3.79. The van der Waals surface area contributed by atoms with Crippen molar-refractivity contribution in [3.63, 3.8) is 0 Å². The van der Waals surface area contributed by atoms with Gasteiger partial charge in [0.05, 0.1) is 26.4 Å². The molecule has 1 fully saturated rings. The van der Waals surface area contributed by atoms with Gasteiger partial charge in [-0.1, -0.05) is 0 Å². The van der Waals surface area contributed by atoms with Crippen LogP contribution >= 0.6 is 0 Å². The standard InChI is InChI=1S/C6H12O4/c1-3-8-5-10-6-9-4-2-7-1/h1-6H2. The van der Waals surface area contributed by atoms with Gasteiger partial charge in [0.15, 0.2) is 0 Å². The van der Waals surface area contributed by atoms with Crippen LogP contribution in [0.5, 0.6) is 0 Å².